The van der Waals surface area contributed by atoms with Gasteiger partial charge in [0.05, 0.1) is 0 Å². The lowest BCUT2D eigenvalue weighted by molar-refractivity contribution is -0.137. The number of aromatic hydroxyl groups is 2. The molecule has 112 valence electrons. The number of carbonyl (C=O) groups is 2. The minimum Gasteiger partial charge on any atom is -0.508 e. The number of nitrogens with one attached hydrogen (secondary N) is 2. The summed E-state index contributed by atoms with van der Waals surface area (Å²) in [6.07, 6.45) is 0. The summed E-state index contributed by atoms with van der Waals surface area (Å²) < 4.78 is 0. The van der Waals surface area contributed by atoms with Gasteiger partial charge in [0.15, 0.2) is 0 Å². The molecule has 2 amide bonds. The van der Waals surface area contributed by atoms with E-state index in [1.807, 2.05) is 0 Å². The van der Waals surface area contributed by atoms with Crippen LogP contribution >= 0.6 is 0 Å². The molecular weight excluding hydrogens is 284 g/mol. The van der Waals surface area contributed by atoms with Gasteiger partial charge in [-0.1, -0.05) is 24.3 Å². The standard InChI is InChI=1S/C16H14N2O4/c19-11-5-1-9(2-6-11)13-15(21)18-14(16(22)17-13)10-3-7-12(20)8-4-10/h1-8,13-14,19-20H,(H,17,22)(H,18,21)/t13-,14+. The van der Waals surface area contributed by atoms with Crippen LogP contribution in [0.1, 0.15) is 23.2 Å². The van der Waals surface area contributed by atoms with Gasteiger partial charge in [0.1, 0.15) is 23.6 Å². The van der Waals surface area contributed by atoms with E-state index in [2.05, 4.69) is 10.6 Å². The molecule has 0 radical (unpaired) electrons. The van der Waals surface area contributed by atoms with E-state index in [1.165, 1.54) is 24.3 Å². The zero-order valence-electron chi connectivity index (χ0n) is 11.5. The van der Waals surface area contributed by atoms with Crippen molar-refractivity contribution in [3.05, 3.63) is 59.7 Å². The van der Waals surface area contributed by atoms with Crippen molar-refractivity contribution in [1.29, 1.82) is 0 Å². The van der Waals surface area contributed by atoms with Crippen molar-refractivity contribution in [2.75, 3.05) is 0 Å². The number of amides is 2. The van der Waals surface area contributed by atoms with Crippen LogP contribution in [0, 0.1) is 0 Å². The molecule has 0 aromatic heterocycles. The number of benzene rings is 2. The number of phenolic OH excluding ortho intramolecular Hbond substituents is 2. The van der Waals surface area contributed by atoms with Crippen LogP contribution in [-0.4, -0.2) is 22.0 Å². The topological polar surface area (TPSA) is 98.7 Å². The molecule has 1 heterocycles. The smallest absolute Gasteiger partial charge is 0.248 e. The maximum Gasteiger partial charge on any atom is 0.248 e. The Labute approximate surface area is 126 Å². The quantitative estimate of drug-likeness (QED) is 0.668. The summed E-state index contributed by atoms with van der Waals surface area (Å²) in [7, 11) is 0. The summed E-state index contributed by atoms with van der Waals surface area (Å²) in [5.74, 6) is -0.478. The predicted octanol–water partition coefficient (Wildman–Crippen LogP) is 1.13. The van der Waals surface area contributed by atoms with E-state index in [-0.39, 0.29) is 23.3 Å². The highest BCUT2D eigenvalue weighted by Gasteiger charge is 2.35. The molecule has 1 aliphatic rings. The second-order valence-corrected chi connectivity index (χ2v) is 5.07. The maximum atomic E-state index is 12.2. The Bertz CT molecular complexity index is 646. The van der Waals surface area contributed by atoms with Gasteiger partial charge in [0.25, 0.3) is 0 Å². The number of piperazine rings is 1. The average Bonchev–Trinajstić information content (AvgIpc) is 2.51. The lowest BCUT2D eigenvalue weighted by Crippen LogP contribution is -2.52. The van der Waals surface area contributed by atoms with Crippen LogP contribution in [0.25, 0.3) is 0 Å². The molecule has 0 bridgehead atoms. The highest BCUT2D eigenvalue weighted by atomic mass is 16.3. The van der Waals surface area contributed by atoms with Crippen LogP contribution in [0.4, 0.5) is 0 Å². The zero-order chi connectivity index (χ0) is 15.7. The van der Waals surface area contributed by atoms with Gasteiger partial charge < -0.3 is 20.8 Å². The average molecular weight is 298 g/mol. The summed E-state index contributed by atoms with van der Waals surface area (Å²) in [6.45, 7) is 0. The molecule has 6 heteroatoms. The first-order chi connectivity index (χ1) is 10.5. The Morgan fingerprint density at radius 1 is 0.636 bits per heavy atom. The summed E-state index contributed by atoms with van der Waals surface area (Å²) in [5, 5.41) is 23.9. The summed E-state index contributed by atoms with van der Waals surface area (Å²) in [5.41, 5.74) is 1.18. The third kappa shape index (κ3) is 2.58. The number of hydrogen-bond acceptors (Lipinski definition) is 4. The van der Waals surface area contributed by atoms with Crippen LogP contribution in [-0.2, 0) is 9.59 Å². The lowest BCUT2D eigenvalue weighted by Gasteiger charge is -2.30. The van der Waals surface area contributed by atoms with Crippen molar-refractivity contribution in [2.45, 2.75) is 12.1 Å². The molecule has 3 rings (SSSR count). The molecule has 0 aliphatic carbocycles. The van der Waals surface area contributed by atoms with E-state index in [0.717, 1.165) is 0 Å². The summed E-state index contributed by atoms with van der Waals surface area (Å²) >= 11 is 0. The molecule has 1 fully saturated rings. The lowest BCUT2D eigenvalue weighted by atomic mass is 9.98. The van der Waals surface area contributed by atoms with Gasteiger partial charge in [-0.15, -0.1) is 0 Å². The van der Waals surface area contributed by atoms with Crippen molar-refractivity contribution in [3.63, 3.8) is 0 Å². The number of carbonyl (C=O) groups excluding carboxylic acids is 2. The van der Waals surface area contributed by atoms with Crippen molar-refractivity contribution >= 4 is 11.8 Å². The number of phenols is 2. The van der Waals surface area contributed by atoms with Gasteiger partial charge in [0.2, 0.25) is 11.8 Å². The highest BCUT2D eigenvalue weighted by Crippen LogP contribution is 2.25. The fraction of sp³-hybridized carbons (Fsp3) is 0.125. The number of rotatable bonds is 2. The van der Waals surface area contributed by atoms with Crippen molar-refractivity contribution in [2.24, 2.45) is 0 Å². The third-order valence-corrected chi connectivity index (χ3v) is 3.55. The fourth-order valence-corrected chi connectivity index (χ4v) is 2.39. The van der Waals surface area contributed by atoms with Crippen molar-refractivity contribution in [3.8, 4) is 11.5 Å². The minimum atomic E-state index is -0.790. The Morgan fingerprint density at radius 2 is 0.955 bits per heavy atom. The first kappa shape index (κ1) is 13.9. The summed E-state index contributed by atoms with van der Waals surface area (Å²) in [4.78, 5) is 24.5. The van der Waals surface area contributed by atoms with Crippen molar-refractivity contribution < 1.29 is 19.8 Å². The molecule has 1 aliphatic heterocycles. The maximum absolute atomic E-state index is 12.2. The predicted molar refractivity (Wildman–Crippen MR) is 78.0 cm³/mol. The van der Waals surface area contributed by atoms with Crippen molar-refractivity contribution in [1.82, 2.24) is 10.6 Å². The molecule has 2 aromatic carbocycles. The SMILES string of the molecule is O=C1N[C@H](c2ccc(O)cc2)C(=O)N[C@H]1c1ccc(O)cc1. The largest absolute Gasteiger partial charge is 0.508 e. The van der Waals surface area contributed by atoms with Crippen LogP contribution < -0.4 is 10.6 Å². The Morgan fingerprint density at radius 3 is 1.27 bits per heavy atom. The molecule has 6 nitrogen and oxygen atoms in total. The Hall–Kier alpha value is -3.02. The van der Waals surface area contributed by atoms with E-state index in [4.69, 9.17) is 0 Å². The van der Waals surface area contributed by atoms with Crippen LogP contribution in [0.5, 0.6) is 11.5 Å². The molecule has 1 saturated heterocycles. The molecule has 0 saturated carbocycles. The van der Waals surface area contributed by atoms with Gasteiger partial charge in [-0.05, 0) is 35.4 Å². The van der Waals surface area contributed by atoms with Gasteiger partial charge >= 0.3 is 0 Å². The van der Waals surface area contributed by atoms with Crippen LogP contribution in [0.15, 0.2) is 48.5 Å². The van der Waals surface area contributed by atoms with E-state index in [0.29, 0.717) is 11.1 Å². The van der Waals surface area contributed by atoms with Gasteiger partial charge in [-0.25, -0.2) is 0 Å². The normalized spacial score (nSPS) is 21.1. The fourth-order valence-electron chi connectivity index (χ4n) is 2.39. The van der Waals surface area contributed by atoms with Crippen LogP contribution in [0.3, 0.4) is 0 Å². The van der Waals surface area contributed by atoms with E-state index in [9.17, 15) is 19.8 Å². The molecule has 0 unspecified atom stereocenters. The van der Waals surface area contributed by atoms with Crippen LogP contribution in [0.2, 0.25) is 0 Å². The van der Waals surface area contributed by atoms with Gasteiger partial charge in [-0.3, -0.25) is 9.59 Å². The molecule has 4 N–H and O–H groups in total. The Kier molecular flexibility index (Phi) is 3.42. The summed E-state index contributed by atoms with van der Waals surface area (Å²) in [6, 6.07) is 10.6. The van der Waals surface area contributed by atoms with Gasteiger partial charge in [0, 0.05) is 0 Å². The molecular formula is C16H14N2O4. The highest BCUT2D eigenvalue weighted by molar-refractivity contribution is 5.98. The molecule has 2 atom stereocenters. The third-order valence-electron chi connectivity index (χ3n) is 3.55. The Balaban J connectivity index is 1.82. The van der Waals surface area contributed by atoms with E-state index in [1.54, 1.807) is 24.3 Å². The van der Waals surface area contributed by atoms with E-state index < -0.39 is 12.1 Å². The monoisotopic (exact) mass is 298 g/mol. The zero-order valence-corrected chi connectivity index (χ0v) is 11.5. The molecule has 2 aromatic rings. The second kappa shape index (κ2) is 5.40. The first-order valence-corrected chi connectivity index (χ1v) is 6.73. The van der Waals surface area contributed by atoms with E-state index >= 15 is 0 Å². The molecule has 22 heavy (non-hydrogen) atoms. The van der Waals surface area contributed by atoms with Gasteiger partial charge in [-0.2, -0.15) is 0 Å². The minimum absolute atomic E-state index is 0.0910. The first-order valence-electron chi connectivity index (χ1n) is 6.73. The molecule has 0 spiro atoms. The number of hydrogen-bond donors (Lipinski definition) is 4. The second-order valence-electron chi connectivity index (χ2n) is 5.07.